The van der Waals surface area contributed by atoms with Crippen LogP contribution in [0, 0.1) is 0 Å². The van der Waals surface area contributed by atoms with Crippen LogP contribution in [0.5, 0.6) is 0 Å². The molecule has 0 aliphatic carbocycles. The van der Waals surface area contributed by atoms with Crippen LogP contribution in [0.15, 0.2) is 29.3 Å². The Morgan fingerprint density at radius 3 is 2.58 bits per heavy atom. The quantitative estimate of drug-likeness (QED) is 0.373. The van der Waals surface area contributed by atoms with Gasteiger partial charge >= 0.3 is 0 Å². The van der Waals surface area contributed by atoms with Crippen LogP contribution in [0.4, 0.5) is 0 Å². The van der Waals surface area contributed by atoms with Gasteiger partial charge in [-0.15, -0.1) is 24.0 Å². The number of halogens is 1. The molecule has 1 heterocycles. The molecule has 2 rings (SSSR count). The summed E-state index contributed by atoms with van der Waals surface area (Å²) >= 11 is 0. The summed E-state index contributed by atoms with van der Waals surface area (Å²) in [5, 5.41) is 6.43. The summed E-state index contributed by atoms with van der Waals surface area (Å²) in [6.07, 6.45) is 0.628. The summed E-state index contributed by atoms with van der Waals surface area (Å²) in [7, 11) is -1.21. The van der Waals surface area contributed by atoms with Gasteiger partial charge in [0.1, 0.15) is 0 Å². The number of nitrogens with one attached hydrogen (secondary N) is 2. The minimum absolute atomic E-state index is 0. The fraction of sp³-hybridized carbons (Fsp3) is 0.611. The van der Waals surface area contributed by atoms with Crippen molar-refractivity contribution in [3.8, 4) is 0 Å². The largest absolute Gasteiger partial charge is 0.371 e. The molecule has 148 valence electrons. The molecule has 0 radical (unpaired) electrons. The molecule has 1 saturated heterocycles. The summed E-state index contributed by atoms with van der Waals surface area (Å²) < 4.78 is 28.9. The molecule has 1 aromatic rings. The Hall–Kier alpha value is -0.870. The molecule has 1 aromatic carbocycles. The molecule has 1 atom stereocenters. The molecule has 0 amide bonds. The first kappa shape index (κ1) is 23.2. The average Bonchev–Trinajstić information content (AvgIpc) is 2.88. The second kappa shape index (κ2) is 9.89. The van der Waals surface area contributed by atoms with E-state index in [0.717, 1.165) is 11.1 Å². The number of hydrogen-bond acceptors (Lipinski definition) is 4. The zero-order chi connectivity index (χ0) is 18.5. The standard InChI is InChI=1S/C18H29N3O3S.HI/c1-18(2,3)24-12-15-7-5-6-14(10-15)11-20-17(19-4)21-16-8-9-25(22,23)13-16;/h5-7,10,16H,8-9,11-13H2,1-4H3,(H2,19,20,21);1H. The van der Waals surface area contributed by atoms with Crippen LogP contribution in [-0.4, -0.2) is 44.6 Å². The summed E-state index contributed by atoms with van der Waals surface area (Å²) in [4.78, 5) is 4.18. The Bertz CT molecular complexity index is 715. The van der Waals surface area contributed by atoms with Gasteiger partial charge in [0, 0.05) is 19.6 Å². The maximum atomic E-state index is 11.5. The number of nitrogens with zero attached hydrogens (tertiary/aromatic N) is 1. The molecule has 6 nitrogen and oxygen atoms in total. The zero-order valence-electron chi connectivity index (χ0n) is 15.9. The van der Waals surface area contributed by atoms with Crippen molar-refractivity contribution >= 4 is 39.8 Å². The Kier molecular flexibility index (Phi) is 8.81. The predicted octanol–water partition coefficient (Wildman–Crippen LogP) is 2.47. The monoisotopic (exact) mass is 495 g/mol. The van der Waals surface area contributed by atoms with E-state index in [0.29, 0.717) is 25.5 Å². The Balaban J connectivity index is 0.00000338. The van der Waals surface area contributed by atoms with Crippen LogP contribution in [-0.2, 0) is 27.7 Å². The van der Waals surface area contributed by atoms with E-state index in [1.54, 1.807) is 7.05 Å². The third kappa shape index (κ3) is 8.22. The number of hydrogen-bond donors (Lipinski definition) is 2. The smallest absolute Gasteiger partial charge is 0.191 e. The first-order chi connectivity index (χ1) is 11.7. The van der Waals surface area contributed by atoms with Crippen molar-refractivity contribution in [1.82, 2.24) is 10.6 Å². The van der Waals surface area contributed by atoms with E-state index < -0.39 is 9.84 Å². The highest BCUT2D eigenvalue weighted by atomic mass is 127. The van der Waals surface area contributed by atoms with Crippen LogP contribution in [0.1, 0.15) is 38.3 Å². The molecule has 1 unspecified atom stereocenters. The number of ether oxygens (including phenoxy) is 1. The minimum Gasteiger partial charge on any atom is -0.371 e. The fourth-order valence-corrected chi connectivity index (χ4v) is 4.29. The molecule has 26 heavy (non-hydrogen) atoms. The molecule has 1 aliphatic heterocycles. The van der Waals surface area contributed by atoms with Crippen molar-refractivity contribution in [2.45, 2.75) is 52.0 Å². The van der Waals surface area contributed by atoms with Gasteiger partial charge in [0.2, 0.25) is 0 Å². The Morgan fingerprint density at radius 1 is 1.31 bits per heavy atom. The average molecular weight is 495 g/mol. The zero-order valence-corrected chi connectivity index (χ0v) is 19.1. The molecule has 0 spiro atoms. The van der Waals surface area contributed by atoms with Gasteiger partial charge in [-0.1, -0.05) is 24.3 Å². The predicted molar refractivity (Wildman–Crippen MR) is 117 cm³/mol. The van der Waals surface area contributed by atoms with Crippen molar-refractivity contribution in [1.29, 1.82) is 0 Å². The lowest BCUT2D eigenvalue weighted by Gasteiger charge is -2.20. The molecule has 2 N–H and O–H groups in total. The highest BCUT2D eigenvalue weighted by Crippen LogP contribution is 2.13. The highest BCUT2D eigenvalue weighted by Gasteiger charge is 2.28. The van der Waals surface area contributed by atoms with Crippen LogP contribution in [0.25, 0.3) is 0 Å². The van der Waals surface area contributed by atoms with Gasteiger partial charge in [-0.2, -0.15) is 0 Å². The lowest BCUT2D eigenvalue weighted by molar-refractivity contribution is -0.0149. The van der Waals surface area contributed by atoms with Crippen molar-refractivity contribution in [2.75, 3.05) is 18.6 Å². The molecule has 8 heteroatoms. The van der Waals surface area contributed by atoms with E-state index >= 15 is 0 Å². The van der Waals surface area contributed by atoms with E-state index in [1.807, 2.05) is 39.0 Å². The van der Waals surface area contributed by atoms with Gasteiger partial charge in [-0.25, -0.2) is 8.42 Å². The molecule has 0 bridgehead atoms. The van der Waals surface area contributed by atoms with Gasteiger partial charge in [-0.05, 0) is 38.3 Å². The van der Waals surface area contributed by atoms with Crippen LogP contribution >= 0.6 is 24.0 Å². The van der Waals surface area contributed by atoms with Gasteiger partial charge in [0.25, 0.3) is 0 Å². The Labute approximate surface area is 174 Å². The van der Waals surface area contributed by atoms with Gasteiger partial charge in [-0.3, -0.25) is 4.99 Å². The lowest BCUT2D eigenvalue weighted by atomic mass is 10.1. The van der Waals surface area contributed by atoms with E-state index in [4.69, 9.17) is 4.74 Å². The summed E-state index contributed by atoms with van der Waals surface area (Å²) in [5.74, 6) is 1.04. The number of guanidine groups is 1. The van der Waals surface area contributed by atoms with Crippen molar-refractivity contribution in [3.05, 3.63) is 35.4 Å². The van der Waals surface area contributed by atoms with E-state index in [9.17, 15) is 8.42 Å². The van der Waals surface area contributed by atoms with Gasteiger partial charge in [0.15, 0.2) is 15.8 Å². The first-order valence-electron chi connectivity index (χ1n) is 8.56. The molecular formula is C18H30IN3O3S. The first-order valence-corrected chi connectivity index (χ1v) is 10.4. The van der Waals surface area contributed by atoms with Crippen molar-refractivity contribution in [2.24, 2.45) is 4.99 Å². The van der Waals surface area contributed by atoms with Crippen molar-refractivity contribution in [3.63, 3.8) is 0 Å². The van der Waals surface area contributed by atoms with E-state index in [2.05, 4.69) is 21.7 Å². The van der Waals surface area contributed by atoms with Gasteiger partial charge in [0.05, 0.1) is 23.7 Å². The minimum atomic E-state index is -2.90. The van der Waals surface area contributed by atoms with Crippen LogP contribution in [0.2, 0.25) is 0 Å². The maximum absolute atomic E-state index is 11.5. The van der Waals surface area contributed by atoms with Gasteiger partial charge < -0.3 is 15.4 Å². The van der Waals surface area contributed by atoms with E-state index in [1.165, 1.54) is 0 Å². The number of sulfone groups is 1. The Morgan fingerprint density at radius 2 is 2.00 bits per heavy atom. The SMILES string of the molecule is CN=C(NCc1cccc(COC(C)(C)C)c1)NC1CCS(=O)(=O)C1.I. The number of rotatable bonds is 5. The summed E-state index contributed by atoms with van der Waals surface area (Å²) in [5.41, 5.74) is 2.08. The third-order valence-electron chi connectivity index (χ3n) is 3.92. The normalized spacial score (nSPS) is 19.7. The van der Waals surface area contributed by atoms with E-state index in [-0.39, 0.29) is 47.1 Å². The molecule has 1 aliphatic rings. The molecular weight excluding hydrogens is 465 g/mol. The molecule has 1 fully saturated rings. The topological polar surface area (TPSA) is 79.8 Å². The highest BCUT2D eigenvalue weighted by molar-refractivity contribution is 14.0. The second-order valence-corrected chi connectivity index (χ2v) is 9.62. The number of aliphatic imine (C=N–C) groups is 1. The second-order valence-electron chi connectivity index (χ2n) is 7.39. The van der Waals surface area contributed by atoms with Crippen LogP contribution < -0.4 is 10.6 Å². The fourth-order valence-electron chi connectivity index (χ4n) is 2.61. The third-order valence-corrected chi connectivity index (χ3v) is 5.69. The lowest BCUT2D eigenvalue weighted by Crippen LogP contribution is -2.43. The maximum Gasteiger partial charge on any atom is 0.191 e. The summed E-state index contributed by atoms with van der Waals surface area (Å²) in [6, 6.07) is 8.14. The molecule has 0 saturated carbocycles. The molecule has 0 aromatic heterocycles. The van der Waals surface area contributed by atoms with Crippen LogP contribution in [0.3, 0.4) is 0 Å². The number of benzene rings is 1. The summed E-state index contributed by atoms with van der Waals surface area (Å²) in [6.45, 7) is 7.30. The van der Waals surface area contributed by atoms with Crippen molar-refractivity contribution < 1.29 is 13.2 Å².